The highest BCUT2D eigenvalue weighted by Gasteiger charge is 2.44. The molecule has 0 amide bonds. The SMILES string of the molecule is CCCCCCC(c1ccccc1)C(C=O)(C=O)OC(=O)C(C)O. The molecule has 0 saturated heterocycles. The van der Waals surface area contributed by atoms with Crippen LogP contribution >= 0.6 is 0 Å². The lowest BCUT2D eigenvalue weighted by molar-refractivity contribution is -0.174. The summed E-state index contributed by atoms with van der Waals surface area (Å²) in [7, 11) is 0. The van der Waals surface area contributed by atoms with Gasteiger partial charge in [-0.3, -0.25) is 9.59 Å². The van der Waals surface area contributed by atoms with E-state index in [9.17, 15) is 19.5 Å². The van der Waals surface area contributed by atoms with Gasteiger partial charge in [-0.25, -0.2) is 4.79 Å². The number of rotatable bonds is 11. The third-order valence-corrected chi connectivity index (χ3v) is 4.08. The molecule has 2 unspecified atom stereocenters. The highest BCUT2D eigenvalue weighted by molar-refractivity contribution is 5.93. The number of hydrogen-bond donors (Lipinski definition) is 1. The lowest BCUT2D eigenvalue weighted by Crippen LogP contribution is -2.46. The smallest absolute Gasteiger partial charge is 0.336 e. The lowest BCUT2D eigenvalue weighted by atomic mass is 9.80. The number of hydrogen-bond acceptors (Lipinski definition) is 5. The highest BCUT2D eigenvalue weighted by Crippen LogP contribution is 2.34. The van der Waals surface area contributed by atoms with Crippen LogP contribution in [-0.4, -0.2) is 35.4 Å². The van der Waals surface area contributed by atoms with Crippen molar-refractivity contribution in [3.63, 3.8) is 0 Å². The van der Waals surface area contributed by atoms with Gasteiger partial charge in [0.2, 0.25) is 5.60 Å². The molecule has 0 radical (unpaired) electrons. The van der Waals surface area contributed by atoms with E-state index in [1.54, 1.807) is 0 Å². The third kappa shape index (κ3) is 5.27. The fraction of sp³-hybridized carbons (Fsp3) is 0.526. The molecule has 0 spiro atoms. The zero-order valence-corrected chi connectivity index (χ0v) is 14.3. The predicted octanol–water partition coefficient (Wildman–Crippen LogP) is 2.80. The van der Waals surface area contributed by atoms with E-state index in [0.717, 1.165) is 31.2 Å². The summed E-state index contributed by atoms with van der Waals surface area (Å²) >= 11 is 0. The minimum Gasteiger partial charge on any atom is -0.441 e. The molecule has 1 aromatic carbocycles. The molecule has 0 aliphatic heterocycles. The standard InChI is InChI=1S/C19H26O5/c1-3-4-5-9-12-17(16-10-7-6-8-11-16)19(13-20,14-21)24-18(23)15(2)22/h6-8,10-11,13-15,17,22H,3-5,9,12H2,1-2H3. The summed E-state index contributed by atoms with van der Waals surface area (Å²) in [4.78, 5) is 35.3. The number of carbonyl (C=O) groups excluding carboxylic acids is 3. The number of esters is 1. The zero-order valence-electron chi connectivity index (χ0n) is 14.3. The molecule has 24 heavy (non-hydrogen) atoms. The summed E-state index contributed by atoms with van der Waals surface area (Å²) in [6.07, 6.45) is 3.79. The van der Waals surface area contributed by atoms with Crippen molar-refractivity contribution in [2.45, 2.75) is 63.6 Å². The Morgan fingerprint density at radius 3 is 2.29 bits per heavy atom. The molecule has 0 saturated carbocycles. The van der Waals surface area contributed by atoms with Crippen molar-refractivity contribution in [3.05, 3.63) is 35.9 Å². The number of aldehydes is 2. The average molecular weight is 334 g/mol. The van der Waals surface area contributed by atoms with Crippen LogP contribution in [0.25, 0.3) is 0 Å². The van der Waals surface area contributed by atoms with E-state index in [1.807, 2.05) is 30.3 Å². The third-order valence-electron chi connectivity index (χ3n) is 4.08. The predicted molar refractivity (Wildman–Crippen MR) is 90.6 cm³/mol. The van der Waals surface area contributed by atoms with Crippen molar-refractivity contribution in [1.82, 2.24) is 0 Å². The second-order valence-electron chi connectivity index (χ2n) is 6.00. The fourth-order valence-corrected chi connectivity index (χ4v) is 2.68. The van der Waals surface area contributed by atoms with Gasteiger partial charge in [-0.2, -0.15) is 0 Å². The summed E-state index contributed by atoms with van der Waals surface area (Å²) in [5.74, 6) is -1.56. The Hall–Kier alpha value is -2.01. The summed E-state index contributed by atoms with van der Waals surface area (Å²) in [5.41, 5.74) is -1.16. The summed E-state index contributed by atoms with van der Waals surface area (Å²) < 4.78 is 5.15. The molecule has 5 heteroatoms. The number of aliphatic hydroxyl groups is 1. The molecule has 0 aliphatic rings. The summed E-state index contributed by atoms with van der Waals surface area (Å²) in [6.45, 7) is 3.34. The van der Waals surface area contributed by atoms with E-state index in [0.29, 0.717) is 19.0 Å². The molecule has 1 N–H and O–H groups in total. The largest absolute Gasteiger partial charge is 0.441 e. The first-order valence-corrected chi connectivity index (χ1v) is 8.39. The molecular weight excluding hydrogens is 308 g/mol. The van der Waals surface area contributed by atoms with Crippen molar-refractivity contribution in [2.24, 2.45) is 0 Å². The molecule has 0 bridgehead atoms. The number of benzene rings is 1. The van der Waals surface area contributed by atoms with E-state index in [2.05, 4.69) is 6.92 Å². The van der Waals surface area contributed by atoms with Crippen LogP contribution in [-0.2, 0) is 19.1 Å². The van der Waals surface area contributed by atoms with Gasteiger partial charge in [0.25, 0.3) is 0 Å². The van der Waals surface area contributed by atoms with Crippen molar-refractivity contribution in [2.75, 3.05) is 0 Å². The molecule has 1 rings (SSSR count). The minimum atomic E-state index is -1.92. The van der Waals surface area contributed by atoms with E-state index >= 15 is 0 Å². The number of ether oxygens (including phenoxy) is 1. The van der Waals surface area contributed by atoms with Crippen LogP contribution in [0.3, 0.4) is 0 Å². The maximum atomic E-state index is 11.8. The van der Waals surface area contributed by atoms with Gasteiger partial charge in [-0.05, 0) is 18.9 Å². The maximum absolute atomic E-state index is 11.8. The topological polar surface area (TPSA) is 80.7 Å². The van der Waals surface area contributed by atoms with Crippen LogP contribution in [0.2, 0.25) is 0 Å². The Kier molecular flexibility index (Phi) is 8.33. The van der Waals surface area contributed by atoms with E-state index in [1.165, 1.54) is 6.92 Å². The second-order valence-corrected chi connectivity index (χ2v) is 6.00. The molecule has 1 aromatic rings. The number of aliphatic hydroxyl groups excluding tert-OH is 1. The molecule has 0 aliphatic carbocycles. The van der Waals surface area contributed by atoms with Crippen molar-refractivity contribution in [3.8, 4) is 0 Å². The number of carbonyl (C=O) groups is 3. The Morgan fingerprint density at radius 1 is 1.17 bits per heavy atom. The molecule has 5 nitrogen and oxygen atoms in total. The minimum absolute atomic E-state index is 0.373. The Balaban J connectivity index is 3.12. The van der Waals surface area contributed by atoms with Gasteiger partial charge in [0.05, 0.1) is 0 Å². The molecule has 132 valence electrons. The van der Waals surface area contributed by atoms with Crippen LogP contribution < -0.4 is 0 Å². The number of unbranched alkanes of at least 4 members (excludes halogenated alkanes) is 3. The Labute approximate surface area is 143 Å². The monoisotopic (exact) mass is 334 g/mol. The molecule has 0 heterocycles. The van der Waals surface area contributed by atoms with Gasteiger partial charge in [0.15, 0.2) is 12.6 Å². The van der Waals surface area contributed by atoms with E-state index < -0.39 is 23.6 Å². The quantitative estimate of drug-likeness (QED) is 0.291. The van der Waals surface area contributed by atoms with Gasteiger partial charge in [-0.1, -0.05) is 62.9 Å². The Morgan fingerprint density at radius 2 is 1.79 bits per heavy atom. The van der Waals surface area contributed by atoms with Gasteiger partial charge in [0, 0.05) is 5.92 Å². The molecular formula is C19H26O5. The maximum Gasteiger partial charge on any atom is 0.336 e. The average Bonchev–Trinajstić information content (AvgIpc) is 2.60. The first-order valence-electron chi connectivity index (χ1n) is 8.39. The fourth-order valence-electron chi connectivity index (χ4n) is 2.68. The van der Waals surface area contributed by atoms with Gasteiger partial charge in [0.1, 0.15) is 6.10 Å². The summed E-state index contributed by atoms with van der Waals surface area (Å²) in [5, 5.41) is 9.37. The molecule has 0 fully saturated rings. The zero-order chi connectivity index (χ0) is 18.0. The van der Waals surface area contributed by atoms with E-state index in [-0.39, 0.29) is 0 Å². The molecule has 0 aromatic heterocycles. The van der Waals surface area contributed by atoms with Crippen LogP contribution in [0.4, 0.5) is 0 Å². The first-order chi connectivity index (χ1) is 11.5. The second kappa shape index (κ2) is 9.98. The van der Waals surface area contributed by atoms with Crippen molar-refractivity contribution in [1.29, 1.82) is 0 Å². The summed E-state index contributed by atoms with van der Waals surface area (Å²) in [6, 6.07) is 9.07. The van der Waals surface area contributed by atoms with Crippen LogP contribution in [0.15, 0.2) is 30.3 Å². The van der Waals surface area contributed by atoms with E-state index in [4.69, 9.17) is 4.74 Å². The van der Waals surface area contributed by atoms with Crippen molar-refractivity contribution < 1.29 is 24.2 Å². The van der Waals surface area contributed by atoms with Gasteiger partial charge in [-0.15, -0.1) is 0 Å². The Bertz CT molecular complexity index is 516. The van der Waals surface area contributed by atoms with Crippen molar-refractivity contribution >= 4 is 18.5 Å². The van der Waals surface area contributed by atoms with Gasteiger partial charge < -0.3 is 9.84 Å². The van der Waals surface area contributed by atoms with Gasteiger partial charge >= 0.3 is 5.97 Å². The lowest BCUT2D eigenvalue weighted by Gasteiger charge is -2.32. The van der Waals surface area contributed by atoms with Crippen LogP contribution in [0, 0.1) is 0 Å². The molecule has 2 atom stereocenters. The highest BCUT2D eigenvalue weighted by atomic mass is 16.6. The van der Waals surface area contributed by atoms with Crippen LogP contribution in [0.1, 0.15) is 57.4 Å². The van der Waals surface area contributed by atoms with Crippen LogP contribution in [0.5, 0.6) is 0 Å². The normalized spacial score (nSPS) is 13.8. The first kappa shape index (κ1) is 20.0.